The first kappa shape index (κ1) is 20.4. The van der Waals surface area contributed by atoms with Crippen LogP contribution in [-0.2, 0) is 4.79 Å². The topological polar surface area (TPSA) is 52.7 Å². The zero-order chi connectivity index (χ0) is 19.2. The molecule has 5 nitrogen and oxygen atoms in total. The number of hydrogen-bond donors (Lipinski definition) is 1. The molecule has 1 fully saturated rings. The lowest BCUT2D eigenvalue weighted by Gasteiger charge is -2.22. The maximum atomic E-state index is 13.3. The Labute approximate surface area is 155 Å². The molecule has 1 saturated heterocycles. The summed E-state index contributed by atoms with van der Waals surface area (Å²) in [6.07, 6.45) is 1.74. The SMILES string of the molecule is CC(C)(C)CCNC(=O)CN1CCCN(C(=O)c2cccc(F)c2)CC1. The second-order valence-electron chi connectivity index (χ2n) is 8.09. The highest BCUT2D eigenvalue weighted by Crippen LogP contribution is 2.17. The van der Waals surface area contributed by atoms with Crippen molar-refractivity contribution < 1.29 is 14.0 Å². The van der Waals surface area contributed by atoms with Crippen molar-refractivity contribution in [3.8, 4) is 0 Å². The third kappa shape index (κ3) is 6.75. The summed E-state index contributed by atoms with van der Waals surface area (Å²) >= 11 is 0. The highest BCUT2D eigenvalue weighted by Gasteiger charge is 2.21. The van der Waals surface area contributed by atoms with Crippen molar-refractivity contribution in [2.45, 2.75) is 33.6 Å². The summed E-state index contributed by atoms with van der Waals surface area (Å²) in [7, 11) is 0. The van der Waals surface area contributed by atoms with Gasteiger partial charge in [-0.05, 0) is 36.5 Å². The van der Waals surface area contributed by atoms with Crippen LogP contribution in [0.15, 0.2) is 24.3 Å². The number of carbonyl (C=O) groups is 2. The maximum Gasteiger partial charge on any atom is 0.254 e. The van der Waals surface area contributed by atoms with Gasteiger partial charge in [0.1, 0.15) is 5.82 Å². The molecule has 0 aliphatic carbocycles. The van der Waals surface area contributed by atoms with E-state index in [2.05, 4.69) is 31.0 Å². The highest BCUT2D eigenvalue weighted by atomic mass is 19.1. The Morgan fingerprint density at radius 2 is 1.92 bits per heavy atom. The number of nitrogens with zero attached hydrogens (tertiary/aromatic N) is 2. The molecule has 0 saturated carbocycles. The molecule has 1 N–H and O–H groups in total. The van der Waals surface area contributed by atoms with Crippen LogP contribution in [0.25, 0.3) is 0 Å². The average Bonchev–Trinajstić information content (AvgIpc) is 2.78. The Morgan fingerprint density at radius 1 is 1.15 bits per heavy atom. The van der Waals surface area contributed by atoms with Crippen LogP contribution in [0.4, 0.5) is 4.39 Å². The van der Waals surface area contributed by atoms with Crippen LogP contribution in [0.2, 0.25) is 0 Å². The van der Waals surface area contributed by atoms with Gasteiger partial charge < -0.3 is 10.2 Å². The molecule has 2 rings (SSSR count). The van der Waals surface area contributed by atoms with E-state index in [1.54, 1.807) is 17.0 Å². The van der Waals surface area contributed by atoms with Crippen molar-refractivity contribution >= 4 is 11.8 Å². The summed E-state index contributed by atoms with van der Waals surface area (Å²) in [5.74, 6) is -0.528. The Morgan fingerprint density at radius 3 is 2.62 bits per heavy atom. The Bertz CT molecular complexity index is 628. The predicted octanol–water partition coefficient (Wildman–Crippen LogP) is 2.53. The summed E-state index contributed by atoms with van der Waals surface area (Å²) in [5, 5.41) is 2.97. The van der Waals surface area contributed by atoms with Gasteiger partial charge in [0.15, 0.2) is 0 Å². The largest absolute Gasteiger partial charge is 0.355 e. The third-order valence-corrected chi connectivity index (χ3v) is 4.51. The number of carbonyl (C=O) groups excluding carboxylic acids is 2. The molecule has 0 spiro atoms. The molecule has 144 valence electrons. The standard InChI is InChI=1S/C20H30FN3O2/c1-20(2,3)8-9-22-18(25)15-23-10-5-11-24(13-12-23)19(26)16-6-4-7-17(21)14-16/h4,6-7,14H,5,8-13,15H2,1-3H3,(H,22,25). The van der Waals surface area contributed by atoms with Gasteiger partial charge in [-0.3, -0.25) is 14.5 Å². The molecule has 0 aromatic heterocycles. The molecule has 1 heterocycles. The van der Waals surface area contributed by atoms with Crippen LogP contribution in [-0.4, -0.2) is 60.9 Å². The summed E-state index contributed by atoms with van der Waals surface area (Å²) in [6, 6.07) is 5.79. The Kier molecular flexibility index (Phi) is 7.14. The average molecular weight is 363 g/mol. The summed E-state index contributed by atoms with van der Waals surface area (Å²) in [4.78, 5) is 28.5. The van der Waals surface area contributed by atoms with Gasteiger partial charge in [0.25, 0.3) is 5.91 Å². The van der Waals surface area contributed by atoms with E-state index in [1.165, 1.54) is 12.1 Å². The fraction of sp³-hybridized carbons (Fsp3) is 0.600. The van der Waals surface area contributed by atoms with E-state index < -0.39 is 5.82 Å². The second kappa shape index (κ2) is 9.12. The van der Waals surface area contributed by atoms with Crippen LogP contribution in [0.1, 0.15) is 44.0 Å². The number of halogens is 1. The fourth-order valence-electron chi connectivity index (χ4n) is 2.97. The zero-order valence-electron chi connectivity index (χ0n) is 16.1. The van der Waals surface area contributed by atoms with E-state index in [9.17, 15) is 14.0 Å². The van der Waals surface area contributed by atoms with Gasteiger partial charge in [-0.1, -0.05) is 26.8 Å². The molecule has 0 atom stereocenters. The Hall–Kier alpha value is -1.95. The van der Waals surface area contributed by atoms with Crippen molar-refractivity contribution in [2.75, 3.05) is 39.3 Å². The smallest absolute Gasteiger partial charge is 0.254 e. The second-order valence-corrected chi connectivity index (χ2v) is 8.09. The van der Waals surface area contributed by atoms with Gasteiger partial charge >= 0.3 is 0 Å². The number of rotatable bonds is 5. The van der Waals surface area contributed by atoms with E-state index in [1.807, 2.05) is 0 Å². The minimum Gasteiger partial charge on any atom is -0.355 e. The van der Waals surface area contributed by atoms with E-state index >= 15 is 0 Å². The van der Waals surface area contributed by atoms with E-state index in [0.29, 0.717) is 38.3 Å². The van der Waals surface area contributed by atoms with Gasteiger partial charge in [0, 0.05) is 38.3 Å². The molecule has 26 heavy (non-hydrogen) atoms. The molecule has 6 heteroatoms. The van der Waals surface area contributed by atoms with E-state index in [0.717, 1.165) is 19.4 Å². The van der Waals surface area contributed by atoms with Gasteiger partial charge in [-0.25, -0.2) is 4.39 Å². The first-order chi connectivity index (χ1) is 12.2. The lowest BCUT2D eigenvalue weighted by atomic mass is 9.92. The van der Waals surface area contributed by atoms with Crippen molar-refractivity contribution in [3.05, 3.63) is 35.6 Å². The molecule has 1 aromatic carbocycles. The third-order valence-electron chi connectivity index (χ3n) is 4.51. The molecular formula is C20H30FN3O2. The minimum atomic E-state index is -0.403. The summed E-state index contributed by atoms with van der Waals surface area (Å²) in [5.41, 5.74) is 0.576. The van der Waals surface area contributed by atoms with E-state index in [-0.39, 0.29) is 17.2 Å². The summed E-state index contributed by atoms with van der Waals surface area (Å²) in [6.45, 7) is 10.1. The lowest BCUT2D eigenvalue weighted by Crippen LogP contribution is -2.40. The molecule has 0 bridgehead atoms. The van der Waals surface area contributed by atoms with Crippen molar-refractivity contribution in [2.24, 2.45) is 5.41 Å². The molecule has 0 radical (unpaired) electrons. The first-order valence-electron chi connectivity index (χ1n) is 9.28. The molecule has 2 amide bonds. The molecule has 1 aromatic rings. The van der Waals surface area contributed by atoms with Crippen molar-refractivity contribution in [1.82, 2.24) is 15.1 Å². The monoisotopic (exact) mass is 363 g/mol. The number of amides is 2. The summed E-state index contributed by atoms with van der Waals surface area (Å²) < 4.78 is 13.3. The normalized spacial score (nSPS) is 16.2. The molecule has 1 aliphatic rings. The molecule has 0 unspecified atom stereocenters. The number of hydrogen-bond acceptors (Lipinski definition) is 3. The highest BCUT2D eigenvalue weighted by molar-refractivity contribution is 5.94. The molecular weight excluding hydrogens is 333 g/mol. The van der Waals surface area contributed by atoms with Gasteiger partial charge in [-0.2, -0.15) is 0 Å². The van der Waals surface area contributed by atoms with Crippen LogP contribution in [0, 0.1) is 11.2 Å². The molecule has 1 aliphatic heterocycles. The minimum absolute atomic E-state index is 0.0270. The van der Waals surface area contributed by atoms with Crippen molar-refractivity contribution in [1.29, 1.82) is 0 Å². The quantitative estimate of drug-likeness (QED) is 0.875. The van der Waals surface area contributed by atoms with Gasteiger partial charge in [0.2, 0.25) is 5.91 Å². The number of nitrogens with one attached hydrogen (secondary N) is 1. The zero-order valence-corrected chi connectivity index (χ0v) is 16.1. The fourth-order valence-corrected chi connectivity index (χ4v) is 2.97. The lowest BCUT2D eigenvalue weighted by molar-refractivity contribution is -0.122. The maximum absolute atomic E-state index is 13.3. The van der Waals surface area contributed by atoms with Crippen LogP contribution >= 0.6 is 0 Å². The Balaban J connectivity index is 1.80. The van der Waals surface area contributed by atoms with Crippen LogP contribution in [0.3, 0.4) is 0 Å². The van der Waals surface area contributed by atoms with Crippen molar-refractivity contribution in [3.63, 3.8) is 0 Å². The van der Waals surface area contributed by atoms with Crippen LogP contribution < -0.4 is 5.32 Å². The van der Waals surface area contributed by atoms with Gasteiger partial charge in [0.05, 0.1) is 6.54 Å². The van der Waals surface area contributed by atoms with E-state index in [4.69, 9.17) is 0 Å². The van der Waals surface area contributed by atoms with Crippen LogP contribution in [0.5, 0.6) is 0 Å². The van der Waals surface area contributed by atoms with Gasteiger partial charge in [-0.15, -0.1) is 0 Å². The predicted molar refractivity (Wildman–Crippen MR) is 100 cm³/mol. The first-order valence-corrected chi connectivity index (χ1v) is 9.28. The number of benzene rings is 1.